The van der Waals surface area contributed by atoms with Crippen LogP contribution in [-0.4, -0.2) is 45.9 Å². The van der Waals surface area contributed by atoms with Crippen molar-refractivity contribution in [3.63, 3.8) is 0 Å². The van der Waals surface area contributed by atoms with E-state index in [2.05, 4.69) is 10.3 Å². The van der Waals surface area contributed by atoms with E-state index in [4.69, 9.17) is 9.72 Å². The van der Waals surface area contributed by atoms with Gasteiger partial charge in [-0.1, -0.05) is 0 Å². The lowest BCUT2D eigenvalue weighted by Crippen LogP contribution is -2.26. The minimum Gasteiger partial charge on any atom is -0.381 e. The normalized spacial score (nSPS) is 23.4. The average Bonchev–Trinajstić information content (AvgIpc) is 3.23. The van der Waals surface area contributed by atoms with Gasteiger partial charge in [-0.15, -0.1) is 0 Å². The molecule has 2 aromatic rings. The van der Waals surface area contributed by atoms with Crippen LogP contribution < -0.4 is 5.32 Å². The number of nitrogens with one attached hydrogen (secondary N) is 1. The Morgan fingerprint density at radius 1 is 1.27 bits per heavy atom. The topological polar surface area (TPSA) is 72.2 Å². The first-order chi connectivity index (χ1) is 10.9. The summed E-state index contributed by atoms with van der Waals surface area (Å²) in [6.07, 6.45) is 7.13. The Bertz CT molecular complexity index is 657. The van der Waals surface area contributed by atoms with E-state index in [1.807, 2.05) is 12.4 Å². The summed E-state index contributed by atoms with van der Waals surface area (Å²) in [4.78, 5) is 9.49. The molecule has 0 bridgehead atoms. The molecular weight excluding hydrogens is 280 g/mol. The maximum atomic E-state index is 9.59. The summed E-state index contributed by atoms with van der Waals surface area (Å²) in [6.45, 7) is 3.58. The molecule has 2 N–H and O–H groups in total. The molecular formula is C16H22N4O2. The first-order valence-electron chi connectivity index (χ1n) is 8.12. The number of aliphatic hydroxyl groups is 1. The molecule has 2 aliphatic rings. The van der Waals surface area contributed by atoms with Crippen LogP contribution in [0.1, 0.15) is 42.4 Å². The van der Waals surface area contributed by atoms with Crippen molar-refractivity contribution in [2.45, 2.75) is 37.8 Å². The van der Waals surface area contributed by atoms with Crippen LogP contribution in [0.3, 0.4) is 0 Å². The molecule has 0 aliphatic carbocycles. The van der Waals surface area contributed by atoms with Crippen molar-refractivity contribution in [1.29, 1.82) is 0 Å². The third kappa shape index (κ3) is 2.41. The van der Waals surface area contributed by atoms with Gasteiger partial charge in [0.2, 0.25) is 0 Å². The highest BCUT2D eigenvalue weighted by molar-refractivity contribution is 5.76. The van der Waals surface area contributed by atoms with E-state index < -0.39 is 0 Å². The van der Waals surface area contributed by atoms with Gasteiger partial charge in [-0.05, 0) is 38.3 Å². The SMILES string of the molecule is OCn1cc(C2CCNCC2)c2nc(C3CCOC3)cnc21. The van der Waals surface area contributed by atoms with Crippen molar-refractivity contribution < 1.29 is 9.84 Å². The van der Waals surface area contributed by atoms with Crippen LogP contribution in [0.4, 0.5) is 0 Å². The van der Waals surface area contributed by atoms with Crippen LogP contribution in [0, 0.1) is 0 Å². The Morgan fingerprint density at radius 3 is 2.86 bits per heavy atom. The van der Waals surface area contributed by atoms with Crippen LogP contribution >= 0.6 is 0 Å². The fraction of sp³-hybridized carbons (Fsp3) is 0.625. The zero-order chi connectivity index (χ0) is 14.9. The number of hydrogen-bond acceptors (Lipinski definition) is 5. The van der Waals surface area contributed by atoms with E-state index in [1.165, 1.54) is 5.56 Å². The second-order valence-corrected chi connectivity index (χ2v) is 6.25. The fourth-order valence-electron chi connectivity index (χ4n) is 3.59. The molecule has 6 heteroatoms. The lowest BCUT2D eigenvalue weighted by atomic mass is 9.91. The van der Waals surface area contributed by atoms with Gasteiger partial charge in [-0.3, -0.25) is 0 Å². The molecule has 0 saturated carbocycles. The number of fused-ring (bicyclic) bond motifs is 1. The molecule has 1 unspecified atom stereocenters. The third-order valence-electron chi connectivity index (χ3n) is 4.89. The maximum Gasteiger partial charge on any atom is 0.160 e. The molecule has 1 atom stereocenters. The largest absolute Gasteiger partial charge is 0.381 e. The summed E-state index contributed by atoms with van der Waals surface area (Å²) in [5.74, 6) is 0.858. The molecule has 0 radical (unpaired) electrons. The Morgan fingerprint density at radius 2 is 2.14 bits per heavy atom. The van der Waals surface area contributed by atoms with Crippen molar-refractivity contribution in [3.8, 4) is 0 Å². The number of aliphatic hydroxyl groups excluding tert-OH is 1. The average molecular weight is 302 g/mol. The van der Waals surface area contributed by atoms with Crippen LogP contribution in [0.25, 0.3) is 11.2 Å². The number of aromatic nitrogens is 3. The van der Waals surface area contributed by atoms with Gasteiger partial charge < -0.3 is 19.7 Å². The van der Waals surface area contributed by atoms with Gasteiger partial charge in [-0.2, -0.15) is 0 Å². The molecule has 4 heterocycles. The molecule has 2 saturated heterocycles. The van der Waals surface area contributed by atoms with Crippen LogP contribution in [0.5, 0.6) is 0 Å². The van der Waals surface area contributed by atoms with E-state index in [0.29, 0.717) is 11.8 Å². The number of nitrogens with zero attached hydrogens (tertiary/aromatic N) is 3. The van der Waals surface area contributed by atoms with E-state index >= 15 is 0 Å². The summed E-state index contributed by atoms with van der Waals surface area (Å²) >= 11 is 0. The number of rotatable bonds is 3. The van der Waals surface area contributed by atoms with Crippen molar-refractivity contribution in [1.82, 2.24) is 19.9 Å². The first-order valence-corrected chi connectivity index (χ1v) is 8.12. The quantitative estimate of drug-likeness (QED) is 0.895. The number of piperidine rings is 1. The highest BCUT2D eigenvalue weighted by atomic mass is 16.5. The van der Waals surface area contributed by atoms with Gasteiger partial charge in [0.05, 0.1) is 18.5 Å². The first kappa shape index (κ1) is 14.1. The zero-order valence-electron chi connectivity index (χ0n) is 12.7. The van der Waals surface area contributed by atoms with E-state index in [9.17, 15) is 5.11 Å². The van der Waals surface area contributed by atoms with Crippen molar-refractivity contribution in [2.75, 3.05) is 26.3 Å². The predicted molar refractivity (Wildman–Crippen MR) is 82.8 cm³/mol. The van der Waals surface area contributed by atoms with Gasteiger partial charge in [0.15, 0.2) is 5.65 Å². The highest BCUT2D eigenvalue weighted by Crippen LogP contribution is 2.32. The Balaban J connectivity index is 1.78. The van der Waals surface area contributed by atoms with Gasteiger partial charge in [-0.25, -0.2) is 9.97 Å². The van der Waals surface area contributed by atoms with Crippen LogP contribution in [0.2, 0.25) is 0 Å². The Kier molecular flexibility index (Phi) is 3.82. The fourth-order valence-corrected chi connectivity index (χ4v) is 3.59. The second-order valence-electron chi connectivity index (χ2n) is 6.25. The summed E-state index contributed by atoms with van der Waals surface area (Å²) in [5, 5.41) is 13.0. The van der Waals surface area contributed by atoms with Crippen LogP contribution in [-0.2, 0) is 11.5 Å². The molecule has 2 fully saturated rings. The highest BCUT2D eigenvalue weighted by Gasteiger charge is 2.24. The van der Waals surface area contributed by atoms with E-state index in [0.717, 1.165) is 62.4 Å². The Hall–Kier alpha value is -1.50. The molecule has 2 aromatic heterocycles. The minimum atomic E-state index is -0.0535. The summed E-state index contributed by atoms with van der Waals surface area (Å²) in [7, 11) is 0. The molecule has 22 heavy (non-hydrogen) atoms. The molecule has 0 amide bonds. The van der Waals surface area contributed by atoms with E-state index in [1.54, 1.807) is 4.57 Å². The standard InChI is InChI=1S/C16H22N4O2/c21-10-20-8-13(11-1-4-17-5-2-11)15-16(20)18-7-14(19-15)12-3-6-22-9-12/h7-8,11-12,17,21H,1-6,9-10H2. The van der Waals surface area contributed by atoms with Crippen molar-refractivity contribution in [3.05, 3.63) is 23.7 Å². The summed E-state index contributed by atoms with van der Waals surface area (Å²) in [6, 6.07) is 0. The van der Waals surface area contributed by atoms with Crippen LogP contribution in [0.15, 0.2) is 12.4 Å². The Labute approximate surface area is 129 Å². The summed E-state index contributed by atoms with van der Waals surface area (Å²) < 4.78 is 7.28. The molecule has 2 aliphatic heterocycles. The summed E-state index contributed by atoms with van der Waals surface area (Å²) in [5.41, 5.74) is 4.01. The lowest BCUT2D eigenvalue weighted by molar-refractivity contribution is 0.193. The third-order valence-corrected chi connectivity index (χ3v) is 4.89. The molecule has 0 spiro atoms. The van der Waals surface area contributed by atoms with Crippen molar-refractivity contribution >= 4 is 11.2 Å². The number of ether oxygens (including phenoxy) is 1. The van der Waals surface area contributed by atoms with Crippen molar-refractivity contribution in [2.24, 2.45) is 0 Å². The lowest BCUT2D eigenvalue weighted by Gasteiger charge is -2.22. The molecule has 118 valence electrons. The smallest absolute Gasteiger partial charge is 0.160 e. The monoisotopic (exact) mass is 302 g/mol. The van der Waals surface area contributed by atoms with Gasteiger partial charge in [0.25, 0.3) is 0 Å². The number of hydrogen-bond donors (Lipinski definition) is 2. The van der Waals surface area contributed by atoms with Gasteiger partial charge in [0.1, 0.15) is 12.2 Å². The minimum absolute atomic E-state index is 0.0535. The molecule has 0 aromatic carbocycles. The van der Waals surface area contributed by atoms with Gasteiger partial charge in [0, 0.05) is 24.3 Å². The predicted octanol–water partition coefficient (Wildman–Crippen LogP) is 1.35. The second kappa shape index (κ2) is 5.95. The molecule has 6 nitrogen and oxygen atoms in total. The zero-order valence-corrected chi connectivity index (χ0v) is 12.7. The maximum absolute atomic E-state index is 9.59. The molecule has 4 rings (SSSR count). The van der Waals surface area contributed by atoms with E-state index in [-0.39, 0.29) is 6.73 Å². The van der Waals surface area contributed by atoms with Gasteiger partial charge >= 0.3 is 0 Å².